The summed E-state index contributed by atoms with van der Waals surface area (Å²) in [6.45, 7) is 5.85. The molecule has 1 saturated heterocycles. The maximum atomic E-state index is 13.1. The molecule has 144 valence electrons. The molecule has 1 aliphatic rings. The van der Waals surface area contributed by atoms with Crippen molar-refractivity contribution in [2.24, 2.45) is 0 Å². The van der Waals surface area contributed by atoms with Crippen LogP contribution in [0.3, 0.4) is 0 Å². The van der Waals surface area contributed by atoms with Gasteiger partial charge in [-0.05, 0) is 29.0 Å². The van der Waals surface area contributed by atoms with E-state index < -0.39 is 0 Å². The van der Waals surface area contributed by atoms with Crippen molar-refractivity contribution in [1.29, 1.82) is 0 Å². The molecule has 2 aromatic rings. The van der Waals surface area contributed by atoms with Gasteiger partial charge in [0, 0.05) is 31.4 Å². The lowest BCUT2D eigenvalue weighted by atomic mass is 10.00. The molecule has 0 bridgehead atoms. The van der Waals surface area contributed by atoms with Gasteiger partial charge in [0.15, 0.2) is 0 Å². The molecule has 5 nitrogen and oxygen atoms in total. The van der Waals surface area contributed by atoms with Crippen LogP contribution in [-0.2, 0) is 16.0 Å². The number of benzene rings is 1. The van der Waals surface area contributed by atoms with Crippen LogP contribution < -0.4 is 10.6 Å². The van der Waals surface area contributed by atoms with Crippen LogP contribution in [-0.4, -0.2) is 36.3 Å². The quantitative estimate of drug-likeness (QED) is 0.803. The number of nitrogens with one attached hydrogen (secondary N) is 2. The number of carbonyl (C=O) groups is 2. The summed E-state index contributed by atoms with van der Waals surface area (Å²) in [6.07, 6.45) is 1.29. The number of hydrogen-bond acceptors (Lipinski definition) is 4. The minimum atomic E-state index is -0.270. The lowest BCUT2D eigenvalue weighted by Crippen LogP contribution is -2.49. The standard InChI is InChI=1S/C21H27N3O2S/c1-3-16-6-8-17(9-7-16)19-14-22-10-11-24(19)21(26)13-18(23-15(2)25)20-5-4-12-27-20/h4-9,12,18-19,22H,3,10-11,13-14H2,1-2H3,(H,23,25). The van der Waals surface area contributed by atoms with E-state index >= 15 is 0 Å². The zero-order valence-corrected chi connectivity index (χ0v) is 16.7. The van der Waals surface area contributed by atoms with Crippen molar-refractivity contribution in [3.05, 3.63) is 57.8 Å². The van der Waals surface area contributed by atoms with Crippen LogP contribution in [0.5, 0.6) is 0 Å². The topological polar surface area (TPSA) is 61.4 Å². The summed E-state index contributed by atoms with van der Waals surface area (Å²) in [5.74, 6) is -0.0403. The Labute approximate surface area is 164 Å². The second-order valence-electron chi connectivity index (χ2n) is 6.87. The number of amides is 2. The van der Waals surface area contributed by atoms with E-state index in [4.69, 9.17) is 0 Å². The Morgan fingerprint density at radius 1 is 1.30 bits per heavy atom. The van der Waals surface area contributed by atoms with Gasteiger partial charge < -0.3 is 15.5 Å². The molecule has 0 spiro atoms. The van der Waals surface area contributed by atoms with Crippen LogP contribution >= 0.6 is 11.3 Å². The summed E-state index contributed by atoms with van der Waals surface area (Å²) < 4.78 is 0. The van der Waals surface area contributed by atoms with E-state index in [1.54, 1.807) is 11.3 Å². The highest BCUT2D eigenvalue weighted by Crippen LogP contribution is 2.27. The van der Waals surface area contributed by atoms with E-state index in [9.17, 15) is 9.59 Å². The monoisotopic (exact) mass is 385 g/mol. The van der Waals surface area contributed by atoms with Gasteiger partial charge in [-0.25, -0.2) is 0 Å². The Morgan fingerprint density at radius 2 is 2.07 bits per heavy atom. The maximum Gasteiger partial charge on any atom is 0.225 e. The minimum absolute atomic E-state index is 0.0264. The number of thiophene rings is 1. The van der Waals surface area contributed by atoms with Crippen molar-refractivity contribution in [3.63, 3.8) is 0 Å². The van der Waals surface area contributed by atoms with Gasteiger partial charge in [-0.3, -0.25) is 9.59 Å². The second-order valence-corrected chi connectivity index (χ2v) is 7.85. The fraction of sp³-hybridized carbons (Fsp3) is 0.429. The Balaban J connectivity index is 1.76. The van der Waals surface area contributed by atoms with E-state index in [0.29, 0.717) is 6.54 Å². The fourth-order valence-corrected chi connectivity index (χ4v) is 4.30. The zero-order valence-electron chi connectivity index (χ0n) is 15.9. The lowest BCUT2D eigenvalue weighted by Gasteiger charge is -2.37. The molecule has 2 unspecified atom stereocenters. The van der Waals surface area contributed by atoms with Crippen LogP contribution in [0.2, 0.25) is 0 Å². The van der Waals surface area contributed by atoms with Crippen molar-refractivity contribution in [3.8, 4) is 0 Å². The second kappa shape index (κ2) is 9.15. The molecule has 2 N–H and O–H groups in total. The molecule has 0 saturated carbocycles. The van der Waals surface area contributed by atoms with E-state index in [1.807, 2.05) is 22.4 Å². The normalized spacial score (nSPS) is 18.1. The van der Waals surface area contributed by atoms with Gasteiger partial charge in [-0.2, -0.15) is 0 Å². The van der Waals surface area contributed by atoms with Crippen molar-refractivity contribution < 1.29 is 9.59 Å². The Bertz CT molecular complexity index is 758. The molecule has 1 aromatic heterocycles. The van der Waals surface area contributed by atoms with Gasteiger partial charge in [0.05, 0.1) is 18.5 Å². The number of carbonyl (C=O) groups excluding carboxylic acids is 2. The van der Waals surface area contributed by atoms with Crippen molar-refractivity contribution in [2.75, 3.05) is 19.6 Å². The highest BCUT2D eigenvalue weighted by Gasteiger charge is 2.30. The summed E-state index contributed by atoms with van der Waals surface area (Å²) in [4.78, 5) is 27.7. The highest BCUT2D eigenvalue weighted by atomic mass is 32.1. The third-order valence-electron chi connectivity index (χ3n) is 4.98. The van der Waals surface area contributed by atoms with Gasteiger partial charge in [0.25, 0.3) is 0 Å². The average Bonchev–Trinajstić information content (AvgIpc) is 3.22. The fourth-order valence-electron chi connectivity index (χ4n) is 3.53. The number of rotatable bonds is 6. The van der Waals surface area contributed by atoms with Crippen LogP contribution in [0.25, 0.3) is 0 Å². The van der Waals surface area contributed by atoms with E-state index in [-0.39, 0.29) is 30.3 Å². The molecule has 1 aromatic carbocycles. The van der Waals surface area contributed by atoms with Gasteiger partial charge in [0.2, 0.25) is 11.8 Å². The summed E-state index contributed by atoms with van der Waals surface area (Å²) in [7, 11) is 0. The summed E-state index contributed by atoms with van der Waals surface area (Å²) in [5, 5.41) is 8.30. The molecule has 27 heavy (non-hydrogen) atoms. The summed E-state index contributed by atoms with van der Waals surface area (Å²) in [6, 6.07) is 12.2. The van der Waals surface area contributed by atoms with Crippen molar-refractivity contribution in [1.82, 2.24) is 15.5 Å². The summed E-state index contributed by atoms with van der Waals surface area (Å²) >= 11 is 1.57. The molecule has 1 aliphatic heterocycles. The Kier molecular flexibility index (Phi) is 6.63. The van der Waals surface area contributed by atoms with Gasteiger partial charge in [0.1, 0.15) is 0 Å². The first-order valence-electron chi connectivity index (χ1n) is 9.48. The molecule has 2 amide bonds. The zero-order chi connectivity index (χ0) is 19.2. The lowest BCUT2D eigenvalue weighted by molar-refractivity contribution is -0.135. The minimum Gasteiger partial charge on any atom is -0.348 e. The van der Waals surface area contributed by atoms with Crippen LogP contribution in [0.4, 0.5) is 0 Å². The molecular weight excluding hydrogens is 358 g/mol. The predicted molar refractivity (Wildman–Crippen MR) is 109 cm³/mol. The molecule has 6 heteroatoms. The molecule has 2 atom stereocenters. The molecule has 2 heterocycles. The third-order valence-corrected chi connectivity index (χ3v) is 5.97. The number of aryl methyl sites for hydroxylation is 1. The van der Waals surface area contributed by atoms with E-state index in [0.717, 1.165) is 30.0 Å². The van der Waals surface area contributed by atoms with Crippen LogP contribution in [0.15, 0.2) is 41.8 Å². The first kappa shape index (κ1) is 19.6. The Morgan fingerprint density at radius 3 is 2.70 bits per heavy atom. The first-order chi connectivity index (χ1) is 13.1. The van der Waals surface area contributed by atoms with Gasteiger partial charge in [-0.1, -0.05) is 37.3 Å². The molecule has 3 rings (SSSR count). The SMILES string of the molecule is CCc1ccc(C2CNCCN2C(=O)CC(NC(C)=O)c2cccs2)cc1. The molecule has 0 aliphatic carbocycles. The first-order valence-corrected chi connectivity index (χ1v) is 10.4. The van der Waals surface area contributed by atoms with Gasteiger partial charge >= 0.3 is 0 Å². The van der Waals surface area contributed by atoms with Crippen LogP contribution in [0, 0.1) is 0 Å². The van der Waals surface area contributed by atoms with E-state index in [1.165, 1.54) is 12.5 Å². The molecular formula is C21H27N3O2S. The van der Waals surface area contributed by atoms with Crippen molar-refractivity contribution in [2.45, 2.75) is 38.8 Å². The van der Waals surface area contributed by atoms with Crippen LogP contribution in [0.1, 0.15) is 48.4 Å². The van der Waals surface area contributed by atoms with Gasteiger partial charge in [-0.15, -0.1) is 11.3 Å². The highest BCUT2D eigenvalue weighted by molar-refractivity contribution is 7.10. The van der Waals surface area contributed by atoms with Crippen molar-refractivity contribution >= 4 is 23.2 Å². The number of piperazine rings is 1. The predicted octanol–water partition coefficient (Wildman–Crippen LogP) is 3.05. The summed E-state index contributed by atoms with van der Waals surface area (Å²) in [5.41, 5.74) is 2.45. The molecule has 1 fully saturated rings. The Hall–Kier alpha value is -2.18. The smallest absolute Gasteiger partial charge is 0.225 e. The average molecular weight is 386 g/mol. The third kappa shape index (κ3) is 4.96. The largest absolute Gasteiger partial charge is 0.348 e. The molecule has 0 radical (unpaired) electrons. The number of nitrogens with zero attached hydrogens (tertiary/aromatic N) is 1. The number of hydrogen-bond donors (Lipinski definition) is 2. The van der Waals surface area contributed by atoms with E-state index in [2.05, 4.69) is 41.8 Å². The maximum absolute atomic E-state index is 13.1.